The lowest BCUT2D eigenvalue weighted by Crippen LogP contribution is -2.37. The van der Waals surface area contributed by atoms with E-state index >= 15 is 0 Å². The van der Waals surface area contributed by atoms with Gasteiger partial charge in [0, 0.05) is 24.8 Å². The Hall–Kier alpha value is -2.83. The molecular formula is C20H21F2N3O2. The molecule has 0 aliphatic carbocycles. The van der Waals surface area contributed by atoms with Crippen LogP contribution in [-0.2, 0) is 0 Å². The smallest absolute Gasteiger partial charge is 0.331 e. The maximum absolute atomic E-state index is 14.4. The lowest BCUT2D eigenvalue weighted by molar-refractivity contribution is 0.280. The van der Waals surface area contributed by atoms with Crippen molar-refractivity contribution in [3.8, 4) is 11.4 Å². The second kappa shape index (κ2) is 6.11. The molecule has 0 spiro atoms. The van der Waals surface area contributed by atoms with E-state index in [0.29, 0.717) is 11.1 Å². The number of fused-ring (bicyclic) bond motifs is 1. The number of halogens is 2. The summed E-state index contributed by atoms with van der Waals surface area (Å²) < 4.78 is 29.0. The third-order valence-electron chi connectivity index (χ3n) is 5.43. The molecule has 0 radical (unpaired) electrons. The van der Waals surface area contributed by atoms with Crippen LogP contribution in [0.15, 0.2) is 35.1 Å². The number of rotatable bonds is 2. The largest absolute Gasteiger partial charge is 0.503 e. The molecule has 1 aliphatic heterocycles. The number of hydrogen-bond donors (Lipinski definition) is 2. The molecule has 2 aromatic carbocycles. The van der Waals surface area contributed by atoms with Gasteiger partial charge in [0.25, 0.3) is 0 Å². The molecule has 4 rings (SSSR count). The van der Waals surface area contributed by atoms with E-state index in [0.717, 1.165) is 42.3 Å². The van der Waals surface area contributed by atoms with Crippen LogP contribution in [0.5, 0.6) is 5.75 Å². The molecule has 7 heteroatoms. The van der Waals surface area contributed by atoms with E-state index in [1.54, 1.807) is 12.1 Å². The van der Waals surface area contributed by atoms with E-state index in [1.165, 1.54) is 0 Å². The highest BCUT2D eigenvalue weighted by Crippen LogP contribution is 2.33. The number of benzene rings is 2. The molecule has 1 fully saturated rings. The Balaban J connectivity index is 1.72. The summed E-state index contributed by atoms with van der Waals surface area (Å²) in [6.45, 7) is 6.45. The van der Waals surface area contributed by atoms with Crippen molar-refractivity contribution in [3.63, 3.8) is 0 Å². The van der Waals surface area contributed by atoms with Gasteiger partial charge >= 0.3 is 5.69 Å². The van der Waals surface area contributed by atoms with Crippen LogP contribution in [0.25, 0.3) is 16.7 Å². The Kier molecular flexibility index (Phi) is 3.98. The first-order chi connectivity index (χ1) is 12.8. The molecule has 0 saturated carbocycles. The van der Waals surface area contributed by atoms with Gasteiger partial charge in [0.1, 0.15) is 5.52 Å². The summed E-state index contributed by atoms with van der Waals surface area (Å²) in [4.78, 5) is 17.0. The second-order valence-electron chi connectivity index (χ2n) is 7.85. The van der Waals surface area contributed by atoms with Crippen molar-refractivity contribution in [1.82, 2.24) is 9.55 Å². The Labute approximate surface area is 154 Å². The number of aromatic amines is 1. The minimum atomic E-state index is -1.16. The zero-order valence-corrected chi connectivity index (χ0v) is 15.2. The van der Waals surface area contributed by atoms with Crippen LogP contribution in [0.1, 0.15) is 26.7 Å². The lowest BCUT2D eigenvalue weighted by atomic mass is 9.82. The summed E-state index contributed by atoms with van der Waals surface area (Å²) in [7, 11) is 0. The van der Waals surface area contributed by atoms with Crippen LogP contribution >= 0.6 is 0 Å². The Morgan fingerprint density at radius 2 is 1.67 bits per heavy atom. The molecule has 1 aliphatic rings. The van der Waals surface area contributed by atoms with Crippen LogP contribution < -0.4 is 10.6 Å². The Morgan fingerprint density at radius 3 is 2.30 bits per heavy atom. The molecule has 27 heavy (non-hydrogen) atoms. The molecule has 1 aromatic heterocycles. The van der Waals surface area contributed by atoms with Crippen molar-refractivity contribution in [1.29, 1.82) is 0 Å². The minimum Gasteiger partial charge on any atom is -0.503 e. The number of nitrogens with zero attached hydrogens (tertiary/aromatic N) is 2. The highest BCUT2D eigenvalue weighted by atomic mass is 19.1. The number of imidazole rings is 1. The standard InChI is InChI=1S/C20H21F2N3O2/c1-20(2)7-9-24(10-8-20)12-3-5-13(6-4-12)25-17-15(23-19(25)27)11-14(21)18(26)16(17)22/h3-6,11,26H,7-10H2,1-2H3,(H,23,27). The first-order valence-electron chi connectivity index (χ1n) is 8.94. The van der Waals surface area contributed by atoms with Crippen LogP contribution in [-0.4, -0.2) is 27.7 Å². The van der Waals surface area contributed by atoms with Gasteiger partial charge in [-0.15, -0.1) is 0 Å². The normalized spacial score (nSPS) is 16.8. The van der Waals surface area contributed by atoms with Gasteiger partial charge < -0.3 is 15.0 Å². The molecule has 142 valence electrons. The quantitative estimate of drug-likeness (QED) is 0.716. The van der Waals surface area contributed by atoms with Crippen LogP contribution in [0, 0.1) is 17.0 Å². The molecule has 1 saturated heterocycles. The number of anilines is 1. The predicted octanol–water partition coefficient (Wildman–Crippen LogP) is 3.93. The number of piperidine rings is 1. The van der Waals surface area contributed by atoms with Crippen molar-refractivity contribution in [2.24, 2.45) is 5.41 Å². The molecule has 0 unspecified atom stereocenters. The number of H-pyrrole nitrogens is 1. The third-order valence-corrected chi connectivity index (χ3v) is 5.43. The molecule has 3 aromatic rings. The number of phenolic OH excluding ortho intramolecular Hbond substituents is 1. The second-order valence-corrected chi connectivity index (χ2v) is 7.85. The summed E-state index contributed by atoms with van der Waals surface area (Å²) >= 11 is 0. The fourth-order valence-corrected chi connectivity index (χ4v) is 3.61. The van der Waals surface area contributed by atoms with Gasteiger partial charge in [-0.25, -0.2) is 13.6 Å². The molecule has 0 atom stereocenters. The highest BCUT2D eigenvalue weighted by molar-refractivity contribution is 5.80. The van der Waals surface area contributed by atoms with E-state index in [9.17, 15) is 18.7 Å². The van der Waals surface area contributed by atoms with Crippen molar-refractivity contribution in [2.45, 2.75) is 26.7 Å². The molecule has 0 bridgehead atoms. The summed E-state index contributed by atoms with van der Waals surface area (Å²) in [5, 5.41) is 9.56. The zero-order valence-electron chi connectivity index (χ0n) is 15.2. The maximum Gasteiger partial charge on any atom is 0.331 e. The molecule has 2 heterocycles. The SMILES string of the molecule is CC1(C)CCN(c2ccc(-n3c(=O)[nH]c4cc(F)c(O)c(F)c43)cc2)CC1. The number of nitrogens with one attached hydrogen (secondary N) is 1. The summed E-state index contributed by atoms with van der Waals surface area (Å²) in [5.41, 5.74) is 1.06. The number of aromatic nitrogens is 2. The van der Waals surface area contributed by atoms with Crippen molar-refractivity contribution >= 4 is 16.7 Å². The van der Waals surface area contributed by atoms with E-state index < -0.39 is 23.1 Å². The van der Waals surface area contributed by atoms with Crippen molar-refractivity contribution in [2.75, 3.05) is 18.0 Å². The van der Waals surface area contributed by atoms with Gasteiger partial charge in [0.15, 0.2) is 17.4 Å². The lowest BCUT2D eigenvalue weighted by Gasteiger charge is -2.38. The van der Waals surface area contributed by atoms with Crippen LogP contribution in [0.2, 0.25) is 0 Å². The van der Waals surface area contributed by atoms with E-state index in [1.807, 2.05) is 12.1 Å². The fourth-order valence-electron chi connectivity index (χ4n) is 3.61. The molecule has 5 nitrogen and oxygen atoms in total. The Morgan fingerprint density at radius 1 is 1.07 bits per heavy atom. The van der Waals surface area contributed by atoms with Gasteiger partial charge in [-0.05, 0) is 42.5 Å². The maximum atomic E-state index is 14.4. The molecule has 0 amide bonds. The third kappa shape index (κ3) is 2.97. The fraction of sp³-hybridized carbons (Fsp3) is 0.350. The topological polar surface area (TPSA) is 61.3 Å². The molecule has 2 N–H and O–H groups in total. The average molecular weight is 373 g/mol. The van der Waals surface area contributed by atoms with E-state index in [4.69, 9.17) is 0 Å². The van der Waals surface area contributed by atoms with Gasteiger partial charge in [0.2, 0.25) is 0 Å². The first kappa shape index (κ1) is 17.6. The number of aromatic hydroxyl groups is 1. The monoisotopic (exact) mass is 373 g/mol. The van der Waals surface area contributed by atoms with Crippen molar-refractivity contribution in [3.05, 3.63) is 52.5 Å². The summed E-state index contributed by atoms with van der Waals surface area (Å²) in [6, 6.07) is 8.14. The zero-order chi connectivity index (χ0) is 19.3. The van der Waals surface area contributed by atoms with E-state index in [-0.39, 0.29) is 11.0 Å². The van der Waals surface area contributed by atoms with E-state index in [2.05, 4.69) is 23.7 Å². The highest BCUT2D eigenvalue weighted by Gasteiger charge is 2.25. The molecular weight excluding hydrogens is 352 g/mol. The van der Waals surface area contributed by atoms with Crippen LogP contribution in [0.3, 0.4) is 0 Å². The van der Waals surface area contributed by atoms with Gasteiger partial charge in [-0.2, -0.15) is 0 Å². The summed E-state index contributed by atoms with van der Waals surface area (Å²) in [5.74, 6) is -3.37. The van der Waals surface area contributed by atoms with Crippen LogP contribution in [0.4, 0.5) is 14.5 Å². The first-order valence-corrected chi connectivity index (χ1v) is 8.94. The number of hydrogen-bond acceptors (Lipinski definition) is 3. The summed E-state index contributed by atoms with van der Waals surface area (Å²) in [6.07, 6.45) is 2.21. The van der Waals surface area contributed by atoms with Crippen molar-refractivity contribution < 1.29 is 13.9 Å². The number of phenols is 1. The predicted molar refractivity (Wildman–Crippen MR) is 101 cm³/mol. The Bertz CT molecular complexity index is 1060. The minimum absolute atomic E-state index is 0.00450. The average Bonchev–Trinajstić information content (AvgIpc) is 2.96. The van der Waals surface area contributed by atoms with Gasteiger partial charge in [-0.1, -0.05) is 13.8 Å². The van der Waals surface area contributed by atoms with Gasteiger partial charge in [0.05, 0.1) is 11.2 Å². The van der Waals surface area contributed by atoms with Gasteiger partial charge in [-0.3, -0.25) is 4.57 Å².